The van der Waals surface area contributed by atoms with Crippen LogP contribution < -0.4 is 5.32 Å². The summed E-state index contributed by atoms with van der Waals surface area (Å²) in [4.78, 5) is 0. The van der Waals surface area contributed by atoms with E-state index in [0.29, 0.717) is 0 Å². The lowest BCUT2D eigenvalue weighted by Gasteiger charge is -2.30. The number of hydrogen-bond donors (Lipinski definition) is 1. The highest BCUT2D eigenvalue weighted by molar-refractivity contribution is 5.14. The summed E-state index contributed by atoms with van der Waals surface area (Å²) in [5.41, 5.74) is 1.38. The lowest BCUT2D eigenvalue weighted by molar-refractivity contribution is -0.892. The molecule has 2 atom stereocenters. The molecule has 2 nitrogen and oxygen atoms in total. The Bertz CT molecular complexity index is 372. The van der Waals surface area contributed by atoms with E-state index < -0.39 is 0 Å². The van der Waals surface area contributed by atoms with Crippen molar-refractivity contribution in [3.8, 4) is 0 Å². The van der Waals surface area contributed by atoms with Gasteiger partial charge < -0.3 is 9.80 Å². The van der Waals surface area contributed by atoms with Crippen LogP contribution in [0, 0.1) is 11.8 Å². The highest BCUT2D eigenvalue weighted by Crippen LogP contribution is 2.39. The van der Waals surface area contributed by atoms with Gasteiger partial charge in [0.2, 0.25) is 0 Å². The minimum atomic E-state index is 0.980. The van der Waals surface area contributed by atoms with Gasteiger partial charge in [-0.3, -0.25) is 0 Å². The molecule has 1 aromatic rings. The Morgan fingerprint density at radius 2 is 1.89 bits per heavy atom. The van der Waals surface area contributed by atoms with Crippen LogP contribution in [0.2, 0.25) is 0 Å². The molecule has 1 aliphatic rings. The molecule has 0 aliphatic heterocycles. The van der Waals surface area contributed by atoms with E-state index in [1.54, 1.807) is 0 Å². The largest absolute Gasteiger partial charge is 0.328 e. The van der Waals surface area contributed by atoms with Crippen LogP contribution in [0.3, 0.4) is 0 Å². The van der Waals surface area contributed by atoms with Gasteiger partial charge in [-0.25, -0.2) is 0 Å². The molecule has 106 valence electrons. The fourth-order valence-corrected chi connectivity index (χ4v) is 2.84. The molecule has 0 saturated heterocycles. The average Bonchev–Trinajstić information content (AvgIpc) is 3.04. The molecule has 2 unspecified atom stereocenters. The third kappa shape index (κ3) is 5.33. The van der Waals surface area contributed by atoms with Crippen molar-refractivity contribution >= 4 is 0 Å². The molecule has 1 aromatic carbocycles. The zero-order chi connectivity index (χ0) is 13.7. The molecule has 2 rings (SSSR count). The molecule has 1 saturated carbocycles. The quantitative estimate of drug-likeness (QED) is 0.560. The Balaban J connectivity index is 1.56. The van der Waals surface area contributed by atoms with Gasteiger partial charge in [0.05, 0.1) is 27.2 Å². The van der Waals surface area contributed by atoms with Gasteiger partial charge in [-0.05, 0) is 17.9 Å². The molecule has 0 spiro atoms. The van der Waals surface area contributed by atoms with E-state index in [1.807, 2.05) is 0 Å². The summed E-state index contributed by atoms with van der Waals surface area (Å²) in [6.45, 7) is 7.14. The van der Waals surface area contributed by atoms with E-state index in [2.05, 4.69) is 56.7 Å². The molecular formula is C17H29N2+. The SMILES string of the molecule is CC1CC1C[N+](C)(C)CCCNCc1ccccc1. The maximum atomic E-state index is 3.54. The van der Waals surface area contributed by atoms with Crippen LogP contribution in [0.25, 0.3) is 0 Å². The predicted molar refractivity (Wildman–Crippen MR) is 81.9 cm³/mol. The van der Waals surface area contributed by atoms with Crippen LogP contribution >= 0.6 is 0 Å². The zero-order valence-electron chi connectivity index (χ0n) is 12.7. The fraction of sp³-hybridized carbons (Fsp3) is 0.647. The van der Waals surface area contributed by atoms with Crippen molar-refractivity contribution in [2.45, 2.75) is 26.3 Å². The standard InChI is InChI=1S/C17H29N2/c1-15-12-17(15)14-19(2,3)11-7-10-18-13-16-8-5-4-6-9-16/h4-6,8-9,15,17-18H,7,10-14H2,1-3H3/q+1. The first-order valence-corrected chi connectivity index (χ1v) is 7.63. The second-order valence-electron chi connectivity index (χ2n) is 6.83. The van der Waals surface area contributed by atoms with Gasteiger partial charge in [0, 0.05) is 25.4 Å². The van der Waals surface area contributed by atoms with Crippen LogP contribution in [0.5, 0.6) is 0 Å². The van der Waals surface area contributed by atoms with Crippen LogP contribution in [0.15, 0.2) is 30.3 Å². The van der Waals surface area contributed by atoms with Crippen LogP contribution in [-0.4, -0.2) is 38.2 Å². The van der Waals surface area contributed by atoms with Gasteiger partial charge in [0.15, 0.2) is 0 Å². The average molecular weight is 261 g/mol. The Kier molecular flexibility index (Phi) is 5.00. The zero-order valence-corrected chi connectivity index (χ0v) is 12.7. The second kappa shape index (κ2) is 6.53. The van der Waals surface area contributed by atoms with E-state index in [9.17, 15) is 0 Å². The number of benzene rings is 1. The summed E-state index contributed by atoms with van der Waals surface area (Å²) in [7, 11) is 4.75. The summed E-state index contributed by atoms with van der Waals surface area (Å²) < 4.78 is 1.18. The second-order valence-corrected chi connectivity index (χ2v) is 6.83. The molecule has 0 bridgehead atoms. The van der Waals surface area contributed by atoms with Gasteiger partial charge in [0.25, 0.3) is 0 Å². The summed E-state index contributed by atoms with van der Waals surface area (Å²) in [6.07, 6.45) is 2.72. The van der Waals surface area contributed by atoms with Crippen LogP contribution in [0.4, 0.5) is 0 Å². The molecule has 1 aliphatic carbocycles. The van der Waals surface area contributed by atoms with Crippen molar-refractivity contribution in [1.29, 1.82) is 0 Å². The maximum absolute atomic E-state index is 3.54. The van der Waals surface area contributed by atoms with E-state index in [-0.39, 0.29) is 0 Å². The van der Waals surface area contributed by atoms with Gasteiger partial charge in [0.1, 0.15) is 0 Å². The molecular weight excluding hydrogens is 232 g/mol. The summed E-state index contributed by atoms with van der Waals surface area (Å²) >= 11 is 0. The van der Waals surface area contributed by atoms with Crippen molar-refractivity contribution < 1.29 is 4.48 Å². The molecule has 2 heteroatoms. The Morgan fingerprint density at radius 1 is 1.21 bits per heavy atom. The minimum absolute atomic E-state index is 0.980. The number of rotatable bonds is 8. The highest BCUT2D eigenvalue weighted by Gasteiger charge is 2.37. The molecule has 0 radical (unpaired) electrons. The first-order chi connectivity index (χ1) is 9.07. The van der Waals surface area contributed by atoms with Crippen molar-refractivity contribution in [3.63, 3.8) is 0 Å². The monoisotopic (exact) mass is 261 g/mol. The third-order valence-electron chi connectivity index (χ3n) is 4.29. The first-order valence-electron chi connectivity index (χ1n) is 7.63. The van der Waals surface area contributed by atoms with Crippen LogP contribution in [0.1, 0.15) is 25.3 Å². The maximum Gasteiger partial charge on any atom is 0.0813 e. The Morgan fingerprint density at radius 3 is 2.53 bits per heavy atom. The van der Waals surface area contributed by atoms with Crippen LogP contribution in [-0.2, 0) is 6.54 Å². The molecule has 1 N–H and O–H groups in total. The van der Waals surface area contributed by atoms with Crippen molar-refractivity contribution in [2.75, 3.05) is 33.7 Å². The molecule has 1 fully saturated rings. The fourth-order valence-electron chi connectivity index (χ4n) is 2.84. The lowest BCUT2D eigenvalue weighted by Crippen LogP contribution is -2.43. The third-order valence-corrected chi connectivity index (χ3v) is 4.29. The summed E-state index contributed by atoms with van der Waals surface area (Å²) in [5, 5.41) is 3.54. The Labute approximate surface area is 118 Å². The van der Waals surface area contributed by atoms with E-state index >= 15 is 0 Å². The van der Waals surface area contributed by atoms with Gasteiger partial charge in [-0.2, -0.15) is 0 Å². The topological polar surface area (TPSA) is 12.0 Å². The first kappa shape index (κ1) is 14.5. The van der Waals surface area contributed by atoms with Crippen molar-refractivity contribution in [1.82, 2.24) is 5.32 Å². The van der Waals surface area contributed by atoms with Gasteiger partial charge >= 0.3 is 0 Å². The van der Waals surface area contributed by atoms with Gasteiger partial charge in [-0.15, -0.1) is 0 Å². The molecule has 0 heterocycles. The minimum Gasteiger partial charge on any atom is -0.328 e. The number of quaternary nitrogens is 1. The molecule has 19 heavy (non-hydrogen) atoms. The normalized spacial score (nSPS) is 22.5. The Hall–Kier alpha value is -0.860. The number of hydrogen-bond acceptors (Lipinski definition) is 1. The van der Waals surface area contributed by atoms with Crippen molar-refractivity contribution in [2.24, 2.45) is 11.8 Å². The van der Waals surface area contributed by atoms with E-state index in [1.165, 1.54) is 36.0 Å². The van der Waals surface area contributed by atoms with E-state index in [0.717, 1.165) is 24.9 Å². The molecule has 0 amide bonds. The number of nitrogens with one attached hydrogen (secondary N) is 1. The number of nitrogens with zero attached hydrogens (tertiary/aromatic N) is 1. The summed E-state index contributed by atoms with van der Waals surface area (Å²) in [5.74, 6) is 1.97. The smallest absolute Gasteiger partial charge is 0.0813 e. The van der Waals surface area contributed by atoms with Gasteiger partial charge in [-0.1, -0.05) is 37.3 Å². The molecule has 0 aromatic heterocycles. The lowest BCUT2D eigenvalue weighted by atomic mass is 10.2. The predicted octanol–water partition coefficient (Wildman–Crippen LogP) is 2.90. The van der Waals surface area contributed by atoms with E-state index in [4.69, 9.17) is 0 Å². The highest BCUT2D eigenvalue weighted by atomic mass is 15.3. The summed E-state index contributed by atoms with van der Waals surface area (Å²) in [6, 6.07) is 10.6. The van der Waals surface area contributed by atoms with Crippen molar-refractivity contribution in [3.05, 3.63) is 35.9 Å².